The van der Waals surface area contributed by atoms with Crippen LogP contribution in [-0.4, -0.2) is 37.0 Å². The van der Waals surface area contributed by atoms with Crippen LogP contribution in [0.15, 0.2) is 34.7 Å². The summed E-state index contributed by atoms with van der Waals surface area (Å²) in [6, 6.07) is 10.1. The lowest BCUT2D eigenvalue weighted by Crippen LogP contribution is -2.41. The molecule has 1 atom stereocenters. The van der Waals surface area contributed by atoms with E-state index in [1.807, 2.05) is 45.0 Å². The number of nitrogens with zero attached hydrogens (tertiary/aromatic N) is 1. The first-order chi connectivity index (χ1) is 13.0. The third-order valence-corrected chi connectivity index (χ3v) is 4.98. The van der Waals surface area contributed by atoms with Crippen LogP contribution in [0.25, 0.3) is 0 Å². The maximum atomic E-state index is 12.3. The van der Waals surface area contributed by atoms with Crippen molar-refractivity contribution in [2.24, 2.45) is 0 Å². The minimum Gasteiger partial charge on any atom is -0.484 e. The molecule has 1 unspecified atom stereocenters. The second kappa shape index (κ2) is 10.5. The first-order valence-corrected chi connectivity index (χ1v) is 9.79. The molecule has 2 aromatic rings. The zero-order valence-electron chi connectivity index (χ0n) is 17.0. The molecule has 0 saturated carbocycles. The zero-order valence-corrected chi connectivity index (χ0v) is 17.8. The molecule has 2 heterocycles. The standard InChI is InChI=1S/C22H30N2O3.ClH/c1-16-11-17(2)13-19(12-16)26-15-22(25)23-14-20(21-8-7-18(3)27-21)24-9-5-4-6-10-24;/h7-8,11-13,20H,4-6,9-10,14-15H2,1-3H3,(H,23,25);1H. The summed E-state index contributed by atoms with van der Waals surface area (Å²) in [5, 5.41) is 3.02. The SMILES string of the molecule is Cc1cc(C)cc(OCC(=O)NCC(c2ccc(C)o2)N2CCCCC2)c1.Cl. The second-order valence-electron chi connectivity index (χ2n) is 7.48. The van der Waals surface area contributed by atoms with Gasteiger partial charge in [-0.2, -0.15) is 0 Å². The van der Waals surface area contributed by atoms with E-state index in [2.05, 4.69) is 16.3 Å². The smallest absolute Gasteiger partial charge is 0.258 e. The molecule has 3 rings (SSSR count). The molecular weight excluding hydrogens is 376 g/mol. The van der Waals surface area contributed by atoms with E-state index in [0.717, 1.165) is 41.5 Å². The molecule has 1 fully saturated rings. The van der Waals surface area contributed by atoms with Crippen LogP contribution in [0, 0.1) is 20.8 Å². The van der Waals surface area contributed by atoms with Gasteiger partial charge in [-0.15, -0.1) is 12.4 Å². The number of halogens is 1. The van der Waals surface area contributed by atoms with Crippen LogP contribution in [0.4, 0.5) is 0 Å². The number of aryl methyl sites for hydroxylation is 3. The van der Waals surface area contributed by atoms with E-state index < -0.39 is 0 Å². The summed E-state index contributed by atoms with van der Waals surface area (Å²) in [7, 11) is 0. The van der Waals surface area contributed by atoms with Crippen molar-refractivity contribution < 1.29 is 13.9 Å². The van der Waals surface area contributed by atoms with Gasteiger partial charge in [0, 0.05) is 6.54 Å². The minimum atomic E-state index is -0.112. The Labute approximate surface area is 173 Å². The number of hydrogen-bond acceptors (Lipinski definition) is 4. The molecule has 1 N–H and O–H groups in total. The van der Waals surface area contributed by atoms with Gasteiger partial charge in [0.15, 0.2) is 6.61 Å². The average molecular weight is 407 g/mol. The molecule has 1 aromatic carbocycles. The molecule has 0 aliphatic carbocycles. The van der Waals surface area contributed by atoms with Crippen molar-refractivity contribution in [3.8, 4) is 5.75 Å². The molecule has 1 saturated heterocycles. The molecule has 1 amide bonds. The fourth-order valence-electron chi connectivity index (χ4n) is 3.70. The van der Waals surface area contributed by atoms with E-state index in [4.69, 9.17) is 9.15 Å². The van der Waals surface area contributed by atoms with Crippen molar-refractivity contribution in [2.75, 3.05) is 26.2 Å². The van der Waals surface area contributed by atoms with Crippen LogP contribution < -0.4 is 10.1 Å². The van der Waals surface area contributed by atoms with Gasteiger partial charge in [-0.05, 0) is 82.1 Å². The molecule has 1 aliphatic heterocycles. The van der Waals surface area contributed by atoms with E-state index in [1.54, 1.807) is 0 Å². The number of nitrogens with one attached hydrogen (secondary N) is 1. The Hall–Kier alpha value is -1.98. The Morgan fingerprint density at radius 1 is 1.11 bits per heavy atom. The molecule has 154 valence electrons. The first-order valence-electron chi connectivity index (χ1n) is 9.79. The van der Waals surface area contributed by atoms with Gasteiger partial charge in [0.25, 0.3) is 5.91 Å². The molecule has 0 bridgehead atoms. The Morgan fingerprint density at radius 2 is 1.79 bits per heavy atom. The van der Waals surface area contributed by atoms with Crippen molar-refractivity contribution in [2.45, 2.75) is 46.1 Å². The van der Waals surface area contributed by atoms with E-state index in [-0.39, 0.29) is 31.0 Å². The van der Waals surface area contributed by atoms with Crippen LogP contribution in [0.1, 0.15) is 48.0 Å². The number of carbonyl (C=O) groups is 1. The Morgan fingerprint density at radius 3 is 2.39 bits per heavy atom. The summed E-state index contributed by atoms with van der Waals surface area (Å²) in [5.41, 5.74) is 2.26. The Balaban J connectivity index is 0.00000280. The number of carbonyl (C=O) groups excluding carboxylic acids is 1. The third-order valence-electron chi connectivity index (χ3n) is 4.98. The Bertz CT molecular complexity index is 749. The topological polar surface area (TPSA) is 54.7 Å². The maximum Gasteiger partial charge on any atom is 0.258 e. The van der Waals surface area contributed by atoms with Gasteiger partial charge in [-0.3, -0.25) is 9.69 Å². The van der Waals surface area contributed by atoms with Gasteiger partial charge >= 0.3 is 0 Å². The van der Waals surface area contributed by atoms with Gasteiger partial charge in [0.2, 0.25) is 0 Å². The maximum absolute atomic E-state index is 12.3. The van der Waals surface area contributed by atoms with Crippen LogP contribution in [0.2, 0.25) is 0 Å². The molecule has 1 aliphatic rings. The fourth-order valence-corrected chi connectivity index (χ4v) is 3.70. The lowest BCUT2D eigenvalue weighted by molar-refractivity contribution is -0.123. The quantitative estimate of drug-likeness (QED) is 0.742. The van der Waals surface area contributed by atoms with Gasteiger partial charge < -0.3 is 14.5 Å². The van der Waals surface area contributed by atoms with E-state index in [1.165, 1.54) is 19.3 Å². The number of likely N-dealkylation sites (tertiary alicyclic amines) is 1. The van der Waals surface area contributed by atoms with Crippen molar-refractivity contribution >= 4 is 18.3 Å². The largest absolute Gasteiger partial charge is 0.484 e. The zero-order chi connectivity index (χ0) is 19.2. The van der Waals surface area contributed by atoms with Crippen LogP contribution in [0.3, 0.4) is 0 Å². The van der Waals surface area contributed by atoms with Gasteiger partial charge in [0.1, 0.15) is 17.3 Å². The predicted molar refractivity (Wildman–Crippen MR) is 113 cm³/mol. The summed E-state index contributed by atoms with van der Waals surface area (Å²) in [6.07, 6.45) is 3.66. The molecule has 0 spiro atoms. The molecular formula is C22H31ClN2O3. The number of rotatable bonds is 7. The van der Waals surface area contributed by atoms with Gasteiger partial charge in [-0.1, -0.05) is 12.5 Å². The van der Waals surface area contributed by atoms with Gasteiger partial charge in [-0.25, -0.2) is 0 Å². The number of hydrogen-bond donors (Lipinski definition) is 1. The van der Waals surface area contributed by atoms with Crippen molar-refractivity contribution in [3.63, 3.8) is 0 Å². The predicted octanol–water partition coefficient (Wildman–Crippen LogP) is 4.35. The summed E-state index contributed by atoms with van der Waals surface area (Å²) < 4.78 is 11.5. The van der Waals surface area contributed by atoms with Crippen molar-refractivity contribution in [3.05, 3.63) is 53.0 Å². The van der Waals surface area contributed by atoms with Crippen LogP contribution in [-0.2, 0) is 4.79 Å². The summed E-state index contributed by atoms with van der Waals surface area (Å²) >= 11 is 0. The normalized spacial score (nSPS) is 15.5. The summed E-state index contributed by atoms with van der Waals surface area (Å²) in [6.45, 7) is 8.63. The monoisotopic (exact) mass is 406 g/mol. The van der Waals surface area contributed by atoms with Gasteiger partial charge in [0.05, 0.1) is 6.04 Å². The molecule has 5 nitrogen and oxygen atoms in total. The van der Waals surface area contributed by atoms with E-state index in [9.17, 15) is 4.79 Å². The average Bonchev–Trinajstić information content (AvgIpc) is 3.06. The minimum absolute atomic E-state index is 0. The number of piperidine rings is 1. The van der Waals surface area contributed by atoms with E-state index >= 15 is 0 Å². The molecule has 28 heavy (non-hydrogen) atoms. The highest BCUT2D eigenvalue weighted by atomic mass is 35.5. The van der Waals surface area contributed by atoms with Crippen LogP contribution >= 0.6 is 12.4 Å². The number of amides is 1. The van der Waals surface area contributed by atoms with Crippen molar-refractivity contribution in [1.82, 2.24) is 10.2 Å². The Kier molecular flexibility index (Phi) is 8.39. The number of benzene rings is 1. The molecule has 0 radical (unpaired) electrons. The second-order valence-corrected chi connectivity index (χ2v) is 7.48. The highest BCUT2D eigenvalue weighted by Gasteiger charge is 2.25. The molecule has 1 aromatic heterocycles. The number of ether oxygens (including phenoxy) is 1. The third kappa shape index (κ3) is 6.28. The lowest BCUT2D eigenvalue weighted by atomic mass is 10.1. The van der Waals surface area contributed by atoms with Crippen LogP contribution in [0.5, 0.6) is 5.75 Å². The first kappa shape index (κ1) is 22.3. The summed E-state index contributed by atoms with van der Waals surface area (Å²) in [5.74, 6) is 2.44. The number of furan rings is 1. The highest BCUT2D eigenvalue weighted by molar-refractivity contribution is 5.85. The fraction of sp³-hybridized carbons (Fsp3) is 0.500. The van der Waals surface area contributed by atoms with E-state index in [0.29, 0.717) is 6.54 Å². The molecule has 6 heteroatoms. The van der Waals surface area contributed by atoms with Crippen molar-refractivity contribution in [1.29, 1.82) is 0 Å². The lowest BCUT2D eigenvalue weighted by Gasteiger charge is -2.33. The summed E-state index contributed by atoms with van der Waals surface area (Å²) in [4.78, 5) is 14.7. The highest BCUT2D eigenvalue weighted by Crippen LogP contribution is 2.25.